The first-order valence-corrected chi connectivity index (χ1v) is 9.18. The smallest absolute Gasteiger partial charge is 0.247 e. The maximum absolute atomic E-state index is 13.4. The molecule has 3 aromatic rings. The van der Waals surface area contributed by atoms with Crippen LogP contribution in [0.4, 0.5) is 4.39 Å². The van der Waals surface area contributed by atoms with E-state index in [9.17, 15) is 14.0 Å². The molecule has 5 heteroatoms. The highest BCUT2D eigenvalue weighted by Gasteiger charge is 2.19. The Morgan fingerprint density at radius 1 is 1.14 bits per heavy atom. The van der Waals surface area contributed by atoms with E-state index in [0.717, 1.165) is 16.5 Å². The van der Waals surface area contributed by atoms with Crippen molar-refractivity contribution in [1.29, 1.82) is 0 Å². The summed E-state index contributed by atoms with van der Waals surface area (Å²) in [7, 11) is 1.96. The fourth-order valence-corrected chi connectivity index (χ4v) is 3.19. The van der Waals surface area contributed by atoms with Crippen molar-refractivity contribution in [2.45, 2.75) is 19.9 Å². The summed E-state index contributed by atoms with van der Waals surface area (Å²) in [5.74, 6) is -1.02. The van der Waals surface area contributed by atoms with E-state index in [-0.39, 0.29) is 29.8 Å². The number of aromatic nitrogens is 1. The number of ketones is 1. The predicted molar refractivity (Wildman–Crippen MR) is 110 cm³/mol. The molecule has 1 aromatic heterocycles. The Kier molecular flexibility index (Phi) is 5.73. The third kappa shape index (κ3) is 4.19. The molecular formula is C23H23FN2O2. The number of Topliss-reactive ketones (excluding diaryl/α,β-unsaturated/α-hetero) is 1. The lowest BCUT2D eigenvalue weighted by atomic mass is 10.1. The molecule has 0 saturated carbocycles. The van der Waals surface area contributed by atoms with Crippen molar-refractivity contribution in [1.82, 2.24) is 9.47 Å². The van der Waals surface area contributed by atoms with E-state index in [1.54, 1.807) is 12.1 Å². The molecule has 3 rings (SSSR count). The van der Waals surface area contributed by atoms with Crippen LogP contribution in [-0.2, 0) is 11.8 Å². The van der Waals surface area contributed by atoms with Gasteiger partial charge in [-0.2, -0.15) is 0 Å². The number of para-hydroxylation sites is 1. The summed E-state index contributed by atoms with van der Waals surface area (Å²) < 4.78 is 15.4. The Labute approximate surface area is 163 Å². The predicted octanol–water partition coefficient (Wildman–Crippen LogP) is 4.45. The molecule has 0 aliphatic rings. The molecule has 0 radical (unpaired) electrons. The van der Waals surface area contributed by atoms with Gasteiger partial charge in [-0.3, -0.25) is 9.59 Å². The lowest BCUT2D eigenvalue weighted by molar-refractivity contribution is -0.127. The van der Waals surface area contributed by atoms with E-state index < -0.39 is 5.82 Å². The number of nitrogens with zero attached hydrogens (tertiary/aromatic N) is 2. The number of amides is 1. The lowest BCUT2D eigenvalue weighted by Gasteiger charge is -2.24. The van der Waals surface area contributed by atoms with Crippen molar-refractivity contribution in [2.75, 3.05) is 6.54 Å². The van der Waals surface area contributed by atoms with Crippen LogP contribution in [0.3, 0.4) is 0 Å². The number of carbonyl (C=O) groups is 2. The van der Waals surface area contributed by atoms with Gasteiger partial charge in [-0.15, -0.1) is 0 Å². The topological polar surface area (TPSA) is 42.3 Å². The van der Waals surface area contributed by atoms with Gasteiger partial charge in [0, 0.05) is 47.4 Å². The van der Waals surface area contributed by atoms with Gasteiger partial charge >= 0.3 is 0 Å². The summed E-state index contributed by atoms with van der Waals surface area (Å²) in [4.78, 5) is 26.7. The minimum atomic E-state index is -0.468. The molecule has 0 aliphatic heterocycles. The van der Waals surface area contributed by atoms with E-state index in [0.29, 0.717) is 0 Å². The zero-order valence-corrected chi connectivity index (χ0v) is 16.2. The Balaban J connectivity index is 1.79. The maximum Gasteiger partial charge on any atom is 0.247 e. The van der Waals surface area contributed by atoms with Crippen molar-refractivity contribution in [2.24, 2.45) is 7.05 Å². The molecule has 0 aliphatic carbocycles. The molecule has 1 amide bonds. The van der Waals surface area contributed by atoms with Crippen LogP contribution in [0.25, 0.3) is 17.0 Å². The summed E-state index contributed by atoms with van der Waals surface area (Å²) in [6.45, 7) is 3.60. The highest BCUT2D eigenvalue weighted by molar-refractivity contribution is 6.02. The number of benzene rings is 2. The Bertz CT molecular complexity index is 1050. The van der Waals surface area contributed by atoms with Crippen LogP contribution in [-0.4, -0.2) is 33.7 Å². The summed E-state index contributed by atoms with van der Waals surface area (Å²) in [5, 5.41) is 1.06. The van der Waals surface area contributed by atoms with Gasteiger partial charge in [-0.05, 0) is 38.1 Å². The third-order valence-electron chi connectivity index (χ3n) is 4.70. The fraction of sp³-hybridized carbons (Fsp3) is 0.217. The maximum atomic E-state index is 13.4. The standard InChI is InChI=1S/C23H23FN2O2/c1-16(2)26(15-22(27)17-7-6-8-19(24)13-17)23(28)12-11-18-14-25(3)21-10-5-4-9-20(18)21/h4-14,16H,15H2,1-3H3/b12-11+. The van der Waals surface area contributed by atoms with Crippen LogP contribution in [0.15, 0.2) is 60.8 Å². The molecule has 1 heterocycles. The van der Waals surface area contributed by atoms with E-state index in [1.807, 2.05) is 55.9 Å². The lowest BCUT2D eigenvalue weighted by Crippen LogP contribution is -2.39. The zero-order valence-electron chi connectivity index (χ0n) is 16.2. The van der Waals surface area contributed by atoms with Crippen LogP contribution in [0.5, 0.6) is 0 Å². The van der Waals surface area contributed by atoms with Gasteiger partial charge in [-0.25, -0.2) is 4.39 Å². The molecule has 0 N–H and O–H groups in total. The van der Waals surface area contributed by atoms with Gasteiger partial charge in [0.25, 0.3) is 0 Å². The molecule has 4 nitrogen and oxygen atoms in total. The molecular weight excluding hydrogens is 355 g/mol. The van der Waals surface area contributed by atoms with Crippen LogP contribution in [0, 0.1) is 5.82 Å². The number of aryl methyl sites for hydroxylation is 1. The normalized spacial score (nSPS) is 11.5. The number of rotatable bonds is 6. The van der Waals surface area contributed by atoms with Gasteiger partial charge in [0.15, 0.2) is 5.78 Å². The van der Waals surface area contributed by atoms with Crippen LogP contribution < -0.4 is 0 Å². The third-order valence-corrected chi connectivity index (χ3v) is 4.70. The largest absolute Gasteiger partial charge is 0.350 e. The molecule has 0 spiro atoms. The SMILES string of the molecule is CC(C)N(CC(=O)c1cccc(F)c1)C(=O)/C=C/c1cn(C)c2ccccc12. The van der Waals surface area contributed by atoms with Crippen molar-refractivity contribution < 1.29 is 14.0 Å². The first kappa shape index (κ1) is 19.5. The highest BCUT2D eigenvalue weighted by atomic mass is 19.1. The molecule has 0 atom stereocenters. The van der Waals surface area contributed by atoms with E-state index >= 15 is 0 Å². The Morgan fingerprint density at radius 2 is 1.89 bits per heavy atom. The van der Waals surface area contributed by atoms with Gasteiger partial charge in [0.05, 0.1) is 6.54 Å². The van der Waals surface area contributed by atoms with Crippen molar-refractivity contribution in [3.63, 3.8) is 0 Å². The second kappa shape index (κ2) is 8.21. The van der Waals surface area contributed by atoms with Crippen molar-refractivity contribution in [3.05, 3.63) is 77.7 Å². The summed E-state index contributed by atoms with van der Waals surface area (Å²) in [6.07, 6.45) is 5.22. The summed E-state index contributed by atoms with van der Waals surface area (Å²) in [6, 6.07) is 13.3. The molecule has 0 fully saturated rings. The molecule has 2 aromatic carbocycles. The zero-order chi connectivity index (χ0) is 20.3. The number of carbonyl (C=O) groups excluding carboxylic acids is 2. The first-order valence-electron chi connectivity index (χ1n) is 9.18. The van der Waals surface area contributed by atoms with Gasteiger partial charge in [0.1, 0.15) is 5.82 Å². The highest BCUT2D eigenvalue weighted by Crippen LogP contribution is 2.21. The fourth-order valence-electron chi connectivity index (χ4n) is 3.19. The van der Waals surface area contributed by atoms with E-state index in [2.05, 4.69) is 0 Å². The second-order valence-electron chi connectivity index (χ2n) is 7.04. The minimum Gasteiger partial charge on any atom is -0.350 e. The Hall–Kier alpha value is -3.21. The minimum absolute atomic E-state index is 0.0974. The van der Waals surface area contributed by atoms with E-state index in [4.69, 9.17) is 0 Å². The Morgan fingerprint density at radius 3 is 2.61 bits per heavy atom. The quantitative estimate of drug-likeness (QED) is 0.470. The summed E-state index contributed by atoms with van der Waals surface area (Å²) in [5.41, 5.74) is 2.28. The van der Waals surface area contributed by atoms with Gasteiger partial charge in [0.2, 0.25) is 5.91 Å². The van der Waals surface area contributed by atoms with Crippen LogP contribution in [0.1, 0.15) is 29.8 Å². The first-order chi connectivity index (χ1) is 13.4. The molecule has 0 saturated heterocycles. The van der Waals surface area contributed by atoms with E-state index in [1.165, 1.54) is 29.2 Å². The number of hydrogen-bond acceptors (Lipinski definition) is 2. The second-order valence-corrected chi connectivity index (χ2v) is 7.04. The molecule has 0 bridgehead atoms. The van der Waals surface area contributed by atoms with Crippen LogP contribution in [0.2, 0.25) is 0 Å². The number of hydrogen-bond donors (Lipinski definition) is 0. The van der Waals surface area contributed by atoms with Crippen molar-refractivity contribution in [3.8, 4) is 0 Å². The number of fused-ring (bicyclic) bond motifs is 1. The molecule has 28 heavy (non-hydrogen) atoms. The molecule has 144 valence electrons. The monoisotopic (exact) mass is 378 g/mol. The average Bonchev–Trinajstić information content (AvgIpc) is 3.00. The van der Waals surface area contributed by atoms with Crippen LogP contribution >= 0.6 is 0 Å². The van der Waals surface area contributed by atoms with Crippen molar-refractivity contribution >= 4 is 28.7 Å². The molecule has 0 unspecified atom stereocenters. The number of halogens is 1. The van der Waals surface area contributed by atoms with Gasteiger partial charge < -0.3 is 9.47 Å². The van der Waals surface area contributed by atoms with Gasteiger partial charge in [-0.1, -0.05) is 30.3 Å². The average molecular weight is 378 g/mol. The summed E-state index contributed by atoms with van der Waals surface area (Å²) >= 11 is 0.